The Morgan fingerprint density at radius 2 is 2.20 bits per heavy atom. The molecule has 0 saturated carbocycles. The Bertz CT molecular complexity index is 489. The zero-order valence-corrected chi connectivity index (χ0v) is 7.94. The summed E-state index contributed by atoms with van der Waals surface area (Å²) >= 11 is 0. The van der Waals surface area contributed by atoms with Crippen LogP contribution in [0.2, 0.25) is 0 Å². The standard InChI is InChI=1S/C11H7NO3/c1-15-10-6-8(3-2-4-12)5-9(7-10)11(13)14/h5-7H,1H3,(H,13,14). The number of carboxylic acid groups (broad SMARTS) is 1. The number of carboxylic acids is 1. The second-order valence-electron chi connectivity index (χ2n) is 2.62. The fraction of sp³-hybridized carbons (Fsp3) is 0.0909. The number of methoxy groups -OCH3 is 1. The maximum atomic E-state index is 10.7. The van der Waals surface area contributed by atoms with E-state index in [2.05, 4.69) is 11.8 Å². The van der Waals surface area contributed by atoms with Gasteiger partial charge < -0.3 is 9.84 Å². The topological polar surface area (TPSA) is 70.3 Å². The molecule has 1 aromatic carbocycles. The predicted molar refractivity (Wildman–Crippen MR) is 52.4 cm³/mol. The normalized spacial score (nSPS) is 8.27. The van der Waals surface area contributed by atoms with E-state index in [1.54, 1.807) is 12.1 Å². The number of carbonyl (C=O) groups is 1. The van der Waals surface area contributed by atoms with Crippen LogP contribution in [0.1, 0.15) is 15.9 Å². The predicted octanol–water partition coefficient (Wildman–Crippen LogP) is 1.27. The summed E-state index contributed by atoms with van der Waals surface area (Å²) in [5, 5.41) is 17.0. The molecule has 1 rings (SSSR count). The average Bonchev–Trinajstić information content (AvgIpc) is 2.25. The molecule has 1 N–H and O–H groups in total. The number of nitrogens with zero attached hydrogens (tertiary/aromatic N) is 1. The molecule has 1 aromatic rings. The number of benzene rings is 1. The van der Waals surface area contributed by atoms with Gasteiger partial charge in [0.25, 0.3) is 0 Å². The highest BCUT2D eigenvalue weighted by Crippen LogP contribution is 2.16. The molecule has 0 aliphatic heterocycles. The van der Waals surface area contributed by atoms with Crippen molar-refractivity contribution in [3.05, 3.63) is 29.3 Å². The Labute approximate surface area is 86.7 Å². The van der Waals surface area contributed by atoms with E-state index in [9.17, 15) is 4.79 Å². The fourth-order valence-corrected chi connectivity index (χ4v) is 1.01. The first-order chi connectivity index (χ1) is 7.17. The van der Waals surface area contributed by atoms with Gasteiger partial charge in [0.2, 0.25) is 0 Å². The monoisotopic (exact) mass is 201 g/mol. The molecule has 0 aromatic heterocycles. The molecule has 0 aliphatic rings. The highest BCUT2D eigenvalue weighted by atomic mass is 16.5. The van der Waals surface area contributed by atoms with Gasteiger partial charge in [0.15, 0.2) is 6.07 Å². The summed E-state index contributed by atoms with van der Waals surface area (Å²) in [5.74, 6) is 4.04. The van der Waals surface area contributed by atoms with Crippen LogP contribution in [0, 0.1) is 23.2 Å². The van der Waals surface area contributed by atoms with E-state index in [0.29, 0.717) is 11.3 Å². The van der Waals surface area contributed by atoms with E-state index < -0.39 is 5.97 Å². The van der Waals surface area contributed by atoms with Crippen LogP contribution in [0.5, 0.6) is 5.75 Å². The lowest BCUT2D eigenvalue weighted by Crippen LogP contribution is -1.97. The first-order valence-electron chi connectivity index (χ1n) is 4.00. The van der Waals surface area contributed by atoms with Gasteiger partial charge in [-0.2, -0.15) is 5.26 Å². The van der Waals surface area contributed by atoms with Crippen LogP contribution in [-0.2, 0) is 0 Å². The summed E-state index contributed by atoms with van der Waals surface area (Å²) in [6.45, 7) is 0. The summed E-state index contributed by atoms with van der Waals surface area (Å²) in [5.41, 5.74) is 0.518. The minimum absolute atomic E-state index is 0.0802. The summed E-state index contributed by atoms with van der Waals surface area (Å²) < 4.78 is 4.91. The molecule has 0 unspecified atom stereocenters. The lowest BCUT2D eigenvalue weighted by atomic mass is 10.1. The van der Waals surface area contributed by atoms with Gasteiger partial charge >= 0.3 is 5.97 Å². The molecule has 0 aliphatic carbocycles. The molecule has 74 valence electrons. The Morgan fingerprint density at radius 3 is 2.73 bits per heavy atom. The summed E-state index contributed by atoms with van der Waals surface area (Å²) in [4.78, 5) is 10.7. The highest BCUT2D eigenvalue weighted by Gasteiger charge is 2.06. The van der Waals surface area contributed by atoms with Crippen molar-refractivity contribution >= 4 is 5.97 Å². The van der Waals surface area contributed by atoms with E-state index in [4.69, 9.17) is 15.1 Å². The van der Waals surface area contributed by atoms with Crippen molar-refractivity contribution in [3.63, 3.8) is 0 Å². The van der Waals surface area contributed by atoms with Crippen LogP contribution in [0.3, 0.4) is 0 Å². The van der Waals surface area contributed by atoms with Crippen molar-refractivity contribution in [3.8, 4) is 23.7 Å². The first kappa shape index (κ1) is 10.6. The van der Waals surface area contributed by atoms with Gasteiger partial charge in [0, 0.05) is 11.5 Å². The van der Waals surface area contributed by atoms with Gasteiger partial charge in [-0.15, -0.1) is 0 Å². The van der Waals surface area contributed by atoms with Crippen molar-refractivity contribution in [2.75, 3.05) is 7.11 Å². The molecule has 0 bridgehead atoms. The highest BCUT2D eigenvalue weighted by molar-refractivity contribution is 5.88. The van der Waals surface area contributed by atoms with Crippen molar-refractivity contribution in [2.45, 2.75) is 0 Å². The lowest BCUT2D eigenvalue weighted by molar-refractivity contribution is 0.0696. The van der Waals surface area contributed by atoms with E-state index in [0.717, 1.165) is 0 Å². The van der Waals surface area contributed by atoms with E-state index in [-0.39, 0.29) is 5.56 Å². The van der Waals surface area contributed by atoms with Crippen molar-refractivity contribution in [1.29, 1.82) is 5.26 Å². The number of ether oxygens (including phenoxy) is 1. The SMILES string of the molecule is COc1cc(C#CC#N)cc(C(=O)O)c1. The molecular weight excluding hydrogens is 194 g/mol. The summed E-state index contributed by atoms with van der Waals surface area (Å²) in [6.07, 6.45) is 0. The molecule has 4 heteroatoms. The van der Waals surface area contributed by atoms with Crippen LogP contribution in [-0.4, -0.2) is 18.2 Å². The van der Waals surface area contributed by atoms with Crippen LogP contribution in [0.15, 0.2) is 18.2 Å². The van der Waals surface area contributed by atoms with Crippen molar-refractivity contribution < 1.29 is 14.6 Å². The summed E-state index contributed by atoms with van der Waals surface area (Å²) in [6, 6.07) is 5.99. The molecule has 0 fully saturated rings. The molecule has 0 atom stereocenters. The number of nitriles is 1. The van der Waals surface area contributed by atoms with E-state index >= 15 is 0 Å². The Balaban J connectivity index is 3.24. The third-order valence-corrected chi connectivity index (χ3v) is 1.65. The number of hydrogen-bond donors (Lipinski definition) is 1. The fourth-order valence-electron chi connectivity index (χ4n) is 1.01. The van der Waals surface area contributed by atoms with Crippen LogP contribution in [0.25, 0.3) is 0 Å². The molecule has 4 nitrogen and oxygen atoms in total. The van der Waals surface area contributed by atoms with Gasteiger partial charge in [-0.3, -0.25) is 0 Å². The van der Waals surface area contributed by atoms with Gasteiger partial charge in [-0.1, -0.05) is 5.92 Å². The van der Waals surface area contributed by atoms with E-state index in [1.165, 1.54) is 19.2 Å². The quantitative estimate of drug-likeness (QED) is 0.731. The Morgan fingerprint density at radius 1 is 1.47 bits per heavy atom. The van der Waals surface area contributed by atoms with Gasteiger partial charge in [0.05, 0.1) is 12.7 Å². The maximum absolute atomic E-state index is 10.7. The second kappa shape index (κ2) is 4.69. The lowest BCUT2D eigenvalue weighted by Gasteiger charge is -2.02. The number of aromatic carboxylic acids is 1. The molecule has 0 radical (unpaired) electrons. The third-order valence-electron chi connectivity index (χ3n) is 1.65. The first-order valence-corrected chi connectivity index (χ1v) is 4.00. The van der Waals surface area contributed by atoms with E-state index in [1.807, 2.05) is 0 Å². The maximum Gasteiger partial charge on any atom is 0.335 e. The van der Waals surface area contributed by atoms with Crippen LogP contribution in [0.4, 0.5) is 0 Å². The van der Waals surface area contributed by atoms with Gasteiger partial charge in [-0.25, -0.2) is 4.79 Å². The van der Waals surface area contributed by atoms with Crippen molar-refractivity contribution in [1.82, 2.24) is 0 Å². The molecular formula is C11H7NO3. The number of hydrogen-bond acceptors (Lipinski definition) is 3. The zero-order chi connectivity index (χ0) is 11.3. The van der Waals surface area contributed by atoms with Crippen molar-refractivity contribution in [2.24, 2.45) is 0 Å². The summed E-state index contributed by atoms with van der Waals surface area (Å²) in [7, 11) is 1.43. The second-order valence-corrected chi connectivity index (χ2v) is 2.62. The Kier molecular flexibility index (Phi) is 3.32. The van der Waals surface area contributed by atoms with Crippen LogP contribution >= 0.6 is 0 Å². The molecule has 0 saturated heterocycles. The molecule has 0 heterocycles. The van der Waals surface area contributed by atoms with Gasteiger partial charge in [0.1, 0.15) is 5.75 Å². The van der Waals surface area contributed by atoms with Crippen LogP contribution < -0.4 is 4.74 Å². The molecule has 0 amide bonds. The average molecular weight is 201 g/mol. The zero-order valence-electron chi connectivity index (χ0n) is 7.94. The number of rotatable bonds is 2. The third kappa shape index (κ3) is 2.75. The smallest absolute Gasteiger partial charge is 0.335 e. The minimum Gasteiger partial charge on any atom is -0.497 e. The largest absolute Gasteiger partial charge is 0.497 e. The van der Waals surface area contributed by atoms with Gasteiger partial charge in [-0.05, 0) is 18.2 Å². The Hall–Kier alpha value is -2.46. The molecule has 15 heavy (non-hydrogen) atoms. The molecule has 0 spiro atoms. The minimum atomic E-state index is -1.06.